The van der Waals surface area contributed by atoms with E-state index in [1.54, 1.807) is 0 Å². The average Bonchev–Trinajstić information content (AvgIpc) is 2.34. The van der Waals surface area contributed by atoms with Crippen LogP contribution in [0.25, 0.3) is 0 Å². The van der Waals surface area contributed by atoms with Gasteiger partial charge in [-0.3, -0.25) is 4.79 Å². The lowest BCUT2D eigenvalue weighted by Gasteiger charge is -1.88. The van der Waals surface area contributed by atoms with Crippen LogP contribution in [0.1, 0.15) is 12.1 Å². The number of primary amides is 1. The molecule has 0 saturated heterocycles. The van der Waals surface area contributed by atoms with Gasteiger partial charge in [0, 0.05) is 12.8 Å². The van der Waals surface area contributed by atoms with Crippen LogP contribution in [-0.2, 0) is 11.2 Å². The molecule has 10 heavy (non-hydrogen) atoms. The second-order valence-corrected chi connectivity index (χ2v) is 1.95. The molecule has 0 bridgehead atoms. The lowest BCUT2D eigenvalue weighted by molar-refractivity contribution is -0.118. The van der Waals surface area contributed by atoms with Crippen molar-refractivity contribution in [2.45, 2.75) is 12.8 Å². The van der Waals surface area contributed by atoms with Crippen molar-refractivity contribution in [2.75, 3.05) is 0 Å². The summed E-state index contributed by atoms with van der Waals surface area (Å²) in [6, 6.07) is 0. The summed E-state index contributed by atoms with van der Waals surface area (Å²) in [6.07, 6.45) is 3.72. The third-order valence-electron chi connectivity index (χ3n) is 1.11. The van der Waals surface area contributed by atoms with Crippen LogP contribution in [0.2, 0.25) is 0 Å². The molecule has 4 nitrogen and oxygen atoms in total. The summed E-state index contributed by atoms with van der Waals surface area (Å²) < 4.78 is 4.68. The zero-order valence-corrected chi connectivity index (χ0v) is 5.41. The predicted octanol–water partition coefficient (Wildman–Crippen LogP) is 0.0925. The maximum absolute atomic E-state index is 10.3. The van der Waals surface area contributed by atoms with Crippen molar-refractivity contribution in [3.63, 3.8) is 0 Å². The van der Waals surface area contributed by atoms with Crippen molar-refractivity contribution in [1.29, 1.82) is 0 Å². The SMILES string of the molecule is NC(=O)CCc1cocn1. The van der Waals surface area contributed by atoms with Gasteiger partial charge in [0.25, 0.3) is 0 Å². The topological polar surface area (TPSA) is 69.1 Å². The number of hydrogen-bond acceptors (Lipinski definition) is 3. The minimum Gasteiger partial charge on any atom is -0.451 e. The smallest absolute Gasteiger partial charge is 0.217 e. The molecular formula is C6H8N2O2. The van der Waals surface area contributed by atoms with Gasteiger partial charge >= 0.3 is 0 Å². The number of nitrogens with two attached hydrogens (primary N) is 1. The molecule has 0 fully saturated rings. The maximum Gasteiger partial charge on any atom is 0.217 e. The summed E-state index contributed by atoms with van der Waals surface area (Å²) in [5.41, 5.74) is 5.67. The summed E-state index contributed by atoms with van der Waals surface area (Å²) in [4.78, 5) is 14.1. The zero-order valence-electron chi connectivity index (χ0n) is 5.41. The van der Waals surface area contributed by atoms with Gasteiger partial charge in [0.2, 0.25) is 5.91 Å². The number of rotatable bonds is 3. The van der Waals surface area contributed by atoms with Crippen LogP contribution >= 0.6 is 0 Å². The van der Waals surface area contributed by atoms with E-state index in [-0.39, 0.29) is 5.91 Å². The van der Waals surface area contributed by atoms with Crippen LogP contribution in [0.5, 0.6) is 0 Å². The lowest BCUT2D eigenvalue weighted by Crippen LogP contribution is -2.11. The Kier molecular flexibility index (Phi) is 2.04. The number of nitrogens with zero attached hydrogens (tertiary/aromatic N) is 1. The van der Waals surface area contributed by atoms with Crippen molar-refractivity contribution < 1.29 is 9.21 Å². The lowest BCUT2D eigenvalue weighted by atomic mass is 10.2. The van der Waals surface area contributed by atoms with E-state index in [0.717, 1.165) is 5.69 Å². The molecule has 0 unspecified atom stereocenters. The van der Waals surface area contributed by atoms with Gasteiger partial charge in [-0.15, -0.1) is 0 Å². The molecule has 0 spiro atoms. The van der Waals surface area contributed by atoms with Crippen molar-refractivity contribution in [1.82, 2.24) is 4.98 Å². The number of amides is 1. The van der Waals surface area contributed by atoms with Gasteiger partial charge in [-0.25, -0.2) is 4.98 Å². The van der Waals surface area contributed by atoms with Gasteiger partial charge in [0.15, 0.2) is 6.39 Å². The highest BCUT2D eigenvalue weighted by Crippen LogP contribution is 1.97. The van der Waals surface area contributed by atoms with Crippen molar-refractivity contribution in [2.24, 2.45) is 5.73 Å². The van der Waals surface area contributed by atoms with Crippen LogP contribution in [0.3, 0.4) is 0 Å². The van der Waals surface area contributed by atoms with Crippen molar-refractivity contribution in [3.8, 4) is 0 Å². The Bertz CT molecular complexity index is 206. The van der Waals surface area contributed by atoms with Gasteiger partial charge in [0.1, 0.15) is 6.26 Å². The normalized spacial score (nSPS) is 9.60. The third kappa shape index (κ3) is 1.89. The summed E-state index contributed by atoms with van der Waals surface area (Å²) in [5.74, 6) is -0.317. The van der Waals surface area contributed by atoms with E-state index >= 15 is 0 Å². The van der Waals surface area contributed by atoms with E-state index < -0.39 is 0 Å². The number of carbonyl (C=O) groups is 1. The Labute approximate surface area is 58.0 Å². The first-order chi connectivity index (χ1) is 4.79. The highest BCUT2D eigenvalue weighted by Gasteiger charge is 1.98. The summed E-state index contributed by atoms with van der Waals surface area (Å²) in [7, 11) is 0. The van der Waals surface area contributed by atoms with E-state index in [4.69, 9.17) is 5.73 Å². The van der Waals surface area contributed by atoms with E-state index in [1.807, 2.05) is 0 Å². The molecule has 1 aromatic heterocycles. The van der Waals surface area contributed by atoms with Crippen LogP contribution < -0.4 is 5.73 Å². The third-order valence-corrected chi connectivity index (χ3v) is 1.11. The molecule has 1 aromatic rings. The summed E-state index contributed by atoms with van der Waals surface area (Å²) in [5, 5.41) is 0. The Balaban J connectivity index is 2.35. The monoisotopic (exact) mass is 140 g/mol. The molecule has 54 valence electrons. The molecule has 0 atom stereocenters. The maximum atomic E-state index is 10.3. The molecule has 1 amide bonds. The fourth-order valence-electron chi connectivity index (χ4n) is 0.612. The van der Waals surface area contributed by atoms with Gasteiger partial charge in [-0.05, 0) is 0 Å². The molecule has 0 aliphatic heterocycles. The molecule has 0 aromatic carbocycles. The van der Waals surface area contributed by atoms with Crippen LogP contribution in [-0.4, -0.2) is 10.9 Å². The van der Waals surface area contributed by atoms with Crippen LogP contribution in [0, 0.1) is 0 Å². The van der Waals surface area contributed by atoms with Gasteiger partial charge in [-0.2, -0.15) is 0 Å². The Morgan fingerprint density at radius 3 is 3.10 bits per heavy atom. The molecule has 1 rings (SSSR count). The van der Waals surface area contributed by atoms with E-state index in [0.29, 0.717) is 12.8 Å². The van der Waals surface area contributed by atoms with E-state index in [2.05, 4.69) is 9.40 Å². The Morgan fingerprint density at radius 1 is 1.80 bits per heavy atom. The van der Waals surface area contributed by atoms with Crippen LogP contribution in [0.4, 0.5) is 0 Å². The summed E-state index contributed by atoms with van der Waals surface area (Å²) >= 11 is 0. The number of aromatic nitrogens is 1. The first kappa shape index (κ1) is 6.80. The second-order valence-electron chi connectivity index (χ2n) is 1.95. The fourth-order valence-corrected chi connectivity index (χ4v) is 0.612. The summed E-state index contributed by atoms with van der Waals surface area (Å²) in [6.45, 7) is 0. The van der Waals surface area contributed by atoms with Crippen molar-refractivity contribution in [3.05, 3.63) is 18.4 Å². The molecule has 2 N–H and O–H groups in total. The molecule has 0 aliphatic rings. The molecule has 0 radical (unpaired) electrons. The first-order valence-corrected chi connectivity index (χ1v) is 2.94. The molecular weight excluding hydrogens is 132 g/mol. The number of aryl methyl sites for hydroxylation is 1. The van der Waals surface area contributed by atoms with Gasteiger partial charge < -0.3 is 10.2 Å². The minimum absolute atomic E-state index is 0.317. The largest absolute Gasteiger partial charge is 0.451 e. The first-order valence-electron chi connectivity index (χ1n) is 2.94. The Hall–Kier alpha value is -1.32. The molecule has 4 heteroatoms. The number of hydrogen-bond donors (Lipinski definition) is 1. The van der Waals surface area contributed by atoms with Gasteiger partial charge in [0.05, 0.1) is 5.69 Å². The number of carbonyl (C=O) groups excluding carboxylic acids is 1. The highest BCUT2D eigenvalue weighted by atomic mass is 16.3. The average molecular weight is 140 g/mol. The minimum atomic E-state index is -0.317. The second kappa shape index (κ2) is 3.00. The van der Waals surface area contributed by atoms with E-state index in [9.17, 15) is 4.79 Å². The van der Waals surface area contributed by atoms with Crippen LogP contribution in [0.15, 0.2) is 17.1 Å². The number of oxazole rings is 1. The Morgan fingerprint density at radius 2 is 2.60 bits per heavy atom. The van der Waals surface area contributed by atoms with E-state index in [1.165, 1.54) is 12.7 Å². The zero-order chi connectivity index (χ0) is 7.40. The molecule has 1 heterocycles. The highest BCUT2D eigenvalue weighted by molar-refractivity contribution is 5.73. The van der Waals surface area contributed by atoms with Gasteiger partial charge in [-0.1, -0.05) is 0 Å². The fraction of sp³-hybridized carbons (Fsp3) is 0.333. The molecule has 0 aliphatic carbocycles. The molecule has 0 saturated carbocycles. The predicted molar refractivity (Wildman–Crippen MR) is 34.0 cm³/mol. The standard InChI is InChI=1S/C6H8N2O2/c7-6(9)2-1-5-3-10-4-8-5/h3-4H,1-2H2,(H2,7,9). The van der Waals surface area contributed by atoms with Crippen molar-refractivity contribution >= 4 is 5.91 Å². The quantitative estimate of drug-likeness (QED) is 0.647.